The van der Waals surface area contributed by atoms with Crippen molar-refractivity contribution in [3.63, 3.8) is 0 Å². The normalized spacial score (nSPS) is 10.3. The molecular weight excluding hydrogens is 266 g/mol. The van der Waals surface area contributed by atoms with E-state index in [0.717, 1.165) is 18.5 Å². The number of para-hydroxylation sites is 2. The molecule has 2 rings (SSSR count). The van der Waals surface area contributed by atoms with Gasteiger partial charge < -0.3 is 15.1 Å². The second-order valence-electron chi connectivity index (χ2n) is 4.82. The molecule has 2 aromatic rings. The molecule has 1 amide bonds. The number of unbranched alkanes of at least 4 members (excludes halogenated alkanes) is 1. The Labute approximate surface area is 124 Å². The number of carbonyl (C=O) groups excluding carboxylic acids is 1. The molecule has 0 bridgehead atoms. The molecule has 0 saturated carbocycles. The van der Waals surface area contributed by atoms with Crippen molar-refractivity contribution in [1.29, 1.82) is 0 Å². The quantitative estimate of drug-likeness (QED) is 0.826. The number of rotatable bonds is 5. The number of nitrogens with zero attached hydrogens (tertiary/aromatic N) is 1. The van der Waals surface area contributed by atoms with Crippen LogP contribution in [0.5, 0.6) is 11.5 Å². The molecule has 21 heavy (non-hydrogen) atoms. The Morgan fingerprint density at radius 3 is 2.43 bits per heavy atom. The number of benzene rings is 2. The molecule has 4 nitrogen and oxygen atoms in total. The average Bonchev–Trinajstić information content (AvgIpc) is 2.51. The fourth-order valence-electron chi connectivity index (χ4n) is 2.12. The van der Waals surface area contributed by atoms with Gasteiger partial charge in [0.15, 0.2) is 11.5 Å². The minimum Gasteiger partial charge on any atom is -0.504 e. The minimum atomic E-state index is -0.375. The van der Waals surface area contributed by atoms with Gasteiger partial charge in [0.1, 0.15) is 0 Å². The van der Waals surface area contributed by atoms with Gasteiger partial charge in [0.25, 0.3) is 5.91 Å². The molecule has 4 heteroatoms. The molecule has 0 aromatic heterocycles. The van der Waals surface area contributed by atoms with Gasteiger partial charge in [0.2, 0.25) is 0 Å². The van der Waals surface area contributed by atoms with Crippen molar-refractivity contribution in [1.82, 2.24) is 0 Å². The zero-order valence-corrected chi connectivity index (χ0v) is 12.0. The van der Waals surface area contributed by atoms with Gasteiger partial charge in [-0.2, -0.15) is 0 Å². The molecule has 0 fully saturated rings. The van der Waals surface area contributed by atoms with Crippen molar-refractivity contribution in [2.75, 3.05) is 11.4 Å². The molecule has 0 atom stereocenters. The van der Waals surface area contributed by atoms with Crippen LogP contribution in [0.3, 0.4) is 0 Å². The highest BCUT2D eigenvalue weighted by Gasteiger charge is 2.21. The van der Waals surface area contributed by atoms with Gasteiger partial charge in [-0.05, 0) is 30.7 Å². The van der Waals surface area contributed by atoms with Gasteiger partial charge in [0, 0.05) is 12.2 Å². The maximum absolute atomic E-state index is 12.7. The zero-order chi connectivity index (χ0) is 15.2. The van der Waals surface area contributed by atoms with Crippen molar-refractivity contribution in [2.45, 2.75) is 19.8 Å². The Hall–Kier alpha value is -2.49. The summed E-state index contributed by atoms with van der Waals surface area (Å²) in [6.07, 6.45) is 1.82. The lowest BCUT2D eigenvalue weighted by molar-refractivity contribution is 0.0983. The van der Waals surface area contributed by atoms with Crippen LogP contribution in [-0.4, -0.2) is 22.7 Å². The standard InChI is InChI=1S/C17H19NO3/c1-2-3-12-18(13-8-5-4-6-9-13)17(21)14-10-7-11-15(19)16(14)20/h4-11,19-20H,2-3,12H2,1H3. The van der Waals surface area contributed by atoms with E-state index in [9.17, 15) is 15.0 Å². The highest BCUT2D eigenvalue weighted by Crippen LogP contribution is 2.30. The fourth-order valence-corrected chi connectivity index (χ4v) is 2.12. The number of carbonyl (C=O) groups is 1. The monoisotopic (exact) mass is 285 g/mol. The highest BCUT2D eigenvalue weighted by molar-refractivity contribution is 6.08. The number of aromatic hydroxyl groups is 2. The van der Waals surface area contributed by atoms with Crippen LogP contribution >= 0.6 is 0 Å². The van der Waals surface area contributed by atoms with E-state index < -0.39 is 0 Å². The van der Waals surface area contributed by atoms with Crippen LogP contribution in [0.1, 0.15) is 30.1 Å². The number of amides is 1. The third-order valence-electron chi connectivity index (χ3n) is 3.29. The van der Waals surface area contributed by atoms with Crippen molar-refractivity contribution in [3.05, 3.63) is 54.1 Å². The van der Waals surface area contributed by atoms with Crippen LogP contribution in [0.2, 0.25) is 0 Å². The molecule has 0 aliphatic rings. The molecule has 2 aromatic carbocycles. The first kappa shape index (κ1) is 14.9. The second-order valence-corrected chi connectivity index (χ2v) is 4.82. The van der Waals surface area contributed by atoms with Crippen LogP contribution in [0, 0.1) is 0 Å². The van der Waals surface area contributed by atoms with E-state index in [1.807, 2.05) is 30.3 Å². The first-order valence-electron chi connectivity index (χ1n) is 7.03. The van der Waals surface area contributed by atoms with E-state index in [-0.39, 0.29) is 23.0 Å². The van der Waals surface area contributed by atoms with Crippen molar-refractivity contribution in [3.8, 4) is 11.5 Å². The molecule has 0 heterocycles. The Bertz CT molecular complexity index is 611. The Morgan fingerprint density at radius 1 is 1.05 bits per heavy atom. The fraction of sp³-hybridized carbons (Fsp3) is 0.235. The lowest BCUT2D eigenvalue weighted by Gasteiger charge is -2.23. The molecule has 0 spiro atoms. The van der Waals surface area contributed by atoms with Crippen LogP contribution < -0.4 is 4.90 Å². The summed E-state index contributed by atoms with van der Waals surface area (Å²) in [6.45, 7) is 2.62. The van der Waals surface area contributed by atoms with E-state index in [1.165, 1.54) is 12.1 Å². The molecule has 0 aliphatic heterocycles. The van der Waals surface area contributed by atoms with E-state index in [4.69, 9.17) is 0 Å². The topological polar surface area (TPSA) is 60.8 Å². The van der Waals surface area contributed by atoms with Gasteiger partial charge in [0.05, 0.1) is 5.56 Å². The van der Waals surface area contributed by atoms with E-state index in [0.29, 0.717) is 6.54 Å². The smallest absolute Gasteiger partial charge is 0.262 e. The number of phenols is 2. The largest absolute Gasteiger partial charge is 0.504 e. The number of hydrogen-bond acceptors (Lipinski definition) is 3. The molecule has 0 saturated heterocycles. The average molecular weight is 285 g/mol. The molecule has 0 radical (unpaired) electrons. The number of anilines is 1. The van der Waals surface area contributed by atoms with Gasteiger partial charge in [-0.3, -0.25) is 4.79 Å². The first-order chi connectivity index (χ1) is 10.1. The van der Waals surface area contributed by atoms with Crippen molar-refractivity contribution >= 4 is 11.6 Å². The van der Waals surface area contributed by atoms with Crippen LogP contribution in [0.15, 0.2) is 48.5 Å². The minimum absolute atomic E-state index is 0.106. The summed E-state index contributed by atoms with van der Waals surface area (Å²) >= 11 is 0. The molecular formula is C17H19NO3. The van der Waals surface area contributed by atoms with Gasteiger partial charge in [-0.1, -0.05) is 37.6 Å². The van der Waals surface area contributed by atoms with Gasteiger partial charge >= 0.3 is 0 Å². The number of hydrogen-bond donors (Lipinski definition) is 2. The molecule has 2 N–H and O–H groups in total. The number of phenolic OH excluding ortho intramolecular Hbond substituents is 2. The van der Waals surface area contributed by atoms with Gasteiger partial charge in [-0.15, -0.1) is 0 Å². The zero-order valence-electron chi connectivity index (χ0n) is 12.0. The van der Waals surface area contributed by atoms with Crippen molar-refractivity contribution in [2.24, 2.45) is 0 Å². The predicted molar refractivity (Wildman–Crippen MR) is 82.8 cm³/mol. The first-order valence-corrected chi connectivity index (χ1v) is 7.03. The Balaban J connectivity index is 2.36. The lowest BCUT2D eigenvalue weighted by atomic mass is 10.1. The lowest BCUT2D eigenvalue weighted by Crippen LogP contribution is -2.31. The Kier molecular flexibility index (Phi) is 4.82. The van der Waals surface area contributed by atoms with E-state index >= 15 is 0 Å². The highest BCUT2D eigenvalue weighted by atomic mass is 16.3. The second kappa shape index (κ2) is 6.79. The van der Waals surface area contributed by atoms with E-state index in [2.05, 4.69) is 6.92 Å². The van der Waals surface area contributed by atoms with Crippen molar-refractivity contribution < 1.29 is 15.0 Å². The molecule has 110 valence electrons. The SMILES string of the molecule is CCCCN(C(=O)c1cccc(O)c1O)c1ccccc1. The third kappa shape index (κ3) is 3.34. The molecule has 0 unspecified atom stereocenters. The van der Waals surface area contributed by atoms with Crippen LogP contribution in [0.25, 0.3) is 0 Å². The Morgan fingerprint density at radius 2 is 1.76 bits per heavy atom. The summed E-state index contributed by atoms with van der Waals surface area (Å²) in [7, 11) is 0. The third-order valence-corrected chi connectivity index (χ3v) is 3.29. The summed E-state index contributed by atoms with van der Waals surface area (Å²) in [5, 5.41) is 19.4. The van der Waals surface area contributed by atoms with Crippen LogP contribution in [-0.2, 0) is 0 Å². The molecule has 0 aliphatic carbocycles. The van der Waals surface area contributed by atoms with Gasteiger partial charge in [-0.25, -0.2) is 0 Å². The predicted octanol–water partition coefficient (Wildman–Crippen LogP) is 3.54. The summed E-state index contributed by atoms with van der Waals surface area (Å²) in [5.41, 5.74) is 0.883. The maximum Gasteiger partial charge on any atom is 0.262 e. The summed E-state index contributed by atoms with van der Waals surface area (Å²) < 4.78 is 0. The summed E-state index contributed by atoms with van der Waals surface area (Å²) in [6, 6.07) is 13.7. The van der Waals surface area contributed by atoms with E-state index in [1.54, 1.807) is 11.0 Å². The summed E-state index contributed by atoms with van der Waals surface area (Å²) in [5.74, 6) is -0.979. The summed E-state index contributed by atoms with van der Waals surface area (Å²) in [4.78, 5) is 14.3. The van der Waals surface area contributed by atoms with Crippen LogP contribution in [0.4, 0.5) is 5.69 Å². The maximum atomic E-state index is 12.7.